The number of benzene rings is 3. The van der Waals surface area contributed by atoms with E-state index in [1.165, 1.54) is 12.1 Å². The average molecular weight is 582 g/mol. The summed E-state index contributed by atoms with van der Waals surface area (Å²) in [5.74, 6) is 1.51. The molecule has 0 unspecified atom stereocenters. The highest BCUT2D eigenvalue weighted by Crippen LogP contribution is 2.44. The third-order valence-corrected chi connectivity index (χ3v) is 7.58. The van der Waals surface area contributed by atoms with E-state index < -0.39 is 12.0 Å². The molecule has 1 aliphatic rings. The number of carbonyl (C=O) groups is 1. The number of anilines is 1. The van der Waals surface area contributed by atoms with Crippen molar-refractivity contribution in [3.8, 4) is 22.8 Å². The molecule has 1 aliphatic heterocycles. The van der Waals surface area contributed by atoms with Crippen LogP contribution < -0.4 is 15.0 Å². The zero-order chi connectivity index (χ0) is 28.5. The Hall–Kier alpha value is -4.66. The lowest BCUT2D eigenvalue weighted by Gasteiger charge is -2.26. The number of nitrogens with one attached hydrogen (secondary N) is 1. The smallest absolute Gasteiger partial charge is 0.335 e. The zero-order valence-corrected chi connectivity index (χ0v) is 23.4. The summed E-state index contributed by atoms with van der Waals surface area (Å²) in [4.78, 5) is 18.1. The number of hydrogen-bond acceptors (Lipinski definition) is 5. The van der Waals surface area contributed by atoms with Crippen LogP contribution in [-0.4, -0.2) is 21.2 Å². The summed E-state index contributed by atoms with van der Waals surface area (Å²) in [6.45, 7) is 2.00. The molecule has 204 valence electrons. The van der Waals surface area contributed by atoms with E-state index in [9.17, 15) is 9.90 Å². The van der Waals surface area contributed by atoms with Crippen molar-refractivity contribution in [3.63, 3.8) is 0 Å². The molecule has 2 atom stereocenters. The summed E-state index contributed by atoms with van der Waals surface area (Å²) in [5, 5.41) is 13.8. The third-order valence-electron chi connectivity index (χ3n) is 6.93. The standard InChI is InChI=1S/C32H24ClN3O4S/c1-19-6-2-3-8-26(19)39-22-12-10-21(11-13-22)36-30(29(35-32(36)41)25-7-4-5-17-34-25)28-16-15-27(40-28)23-18-20(31(37)38)9-14-24(23)33/h2-18,29-30H,1H3,(H,35,41)(H,37,38)/t29-,30-/m1/s1. The van der Waals surface area contributed by atoms with E-state index in [1.807, 2.05) is 84.6 Å². The number of rotatable bonds is 7. The van der Waals surface area contributed by atoms with Gasteiger partial charge in [0.2, 0.25) is 0 Å². The molecule has 6 rings (SSSR count). The highest BCUT2D eigenvalue weighted by Gasteiger charge is 2.42. The van der Waals surface area contributed by atoms with Crippen LogP contribution in [0.4, 0.5) is 5.69 Å². The Morgan fingerprint density at radius 1 is 1.02 bits per heavy atom. The van der Waals surface area contributed by atoms with Crippen LogP contribution in [0.3, 0.4) is 0 Å². The van der Waals surface area contributed by atoms with Gasteiger partial charge in [-0.2, -0.15) is 0 Å². The first kappa shape index (κ1) is 26.6. The van der Waals surface area contributed by atoms with E-state index in [-0.39, 0.29) is 11.6 Å². The van der Waals surface area contributed by atoms with Gasteiger partial charge in [0.15, 0.2) is 5.11 Å². The Balaban J connectivity index is 1.37. The van der Waals surface area contributed by atoms with E-state index in [0.29, 0.717) is 33.0 Å². The minimum atomic E-state index is -1.05. The lowest BCUT2D eigenvalue weighted by atomic mass is 10.0. The molecule has 5 aromatic rings. The minimum absolute atomic E-state index is 0.118. The fourth-order valence-electron chi connectivity index (χ4n) is 4.90. The highest BCUT2D eigenvalue weighted by molar-refractivity contribution is 7.80. The second kappa shape index (κ2) is 11.1. The maximum absolute atomic E-state index is 11.6. The van der Waals surface area contributed by atoms with Crippen LogP contribution in [0.1, 0.15) is 39.5 Å². The van der Waals surface area contributed by atoms with Crippen molar-refractivity contribution in [1.29, 1.82) is 0 Å². The molecule has 0 radical (unpaired) electrons. The first-order valence-corrected chi connectivity index (χ1v) is 13.6. The molecule has 2 N–H and O–H groups in total. The SMILES string of the molecule is Cc1ccccc1Oc1ccc(N2C(=S)N[C@H](c3ccccn3)[C@H]2c2ccc(-c3cc(C(=O)O)ccc3Cl)o2)cc1. The molecule has 41 heavy (non-hydrogen) atoms. The predicted molar refractivity (Wildman–Crippen MR) is 162 cm³/mol. The van der Waals surface area contributed by atoms with E-state index in [4.69, 9.17) is 33.0 Å². The number of nitrogens with zero attached hydrogens (tertiary/aromatic N) is 2. The lowest BCUT2D eigenvalue weighted by molar-refractivity contribution is 0.0697. The quantitative estimate of drug-likeness (QED) is 0.187. The zero-order valence-electron chi connectivity index (χ0n) is 21.8. The van der Waals surface area contributed by atoms with Gasteiger partial charge in [-0.15, -0.1) is 0 Å². The lowest BCUT2D eigenvalue weighted by Crippen LogP contribution is -2.29. The van der Waals surface area contributed by atoms with Crippen LogP contribution in [0.25, 0.3) is 11.3 Å². The van der Waals surface area contributed by atoms with Crippen LogP contribution in [0.2, 0.25) is 5.02 Å². The summed E-state index contributed by atoms with van der Waals surface area (Å²) >= 11 is 12.3. The maximum Gasteiger partial charge on any atom is 0.335 e. The molecule has 0 aliphatic carbocycles. The number of pyridine rings is 1. The molecule has 0 amide bonds. The summed E-state index contributed by atoms with van der Waals surface area (Å²) in [7, 11) is 0. The fourth-order valence-corrected chi connectivity index (χ4v) is 5.45. The molecule has 0 bridgehead atoms. The van der Waals surface area contributed by atoms with Crippen molar-refractivity contribution in [2.75, 3.05) is 4.90 Å². The fraction of sp³-hybridized carbons (Fsp3) is 0.0938. The van der Waals surface area contributed by atoms with Gasteiger partial charge >= 0.3 is 5.97 Å². The molecule has 0 saturated carbocycles. The number of thiocarbonyl (C=S) groups is 1. The number of ether oxygens (including phenoxy) is 1. The Kier molecular flexibility index (Phi) is 7.17. The second-order valence-corrected chi connectivity index (χ2v) is 10.4. The van der Waals surface area contributed by atoms with Crippen molar-refractivity contribution in [3.05, 3.63) is 131 Å². The first-order valence-electron chi connectivity index (χ1n) is 12.9. The van der Waals surface area contributed by atoms with Crippen LogP contribution in [0.15, 0.2) is 108 Å². The molecule has 7 nitrogen and oxygen atoms in total. The number of para-hydroxylation sites is 1. The van der Waals surface area contributed by atoms with E-state index in [1.54, 1.807) is 18.3 Å². The summed E-state index contributed by atoms with van der Waals surface area (Å²) < 4.78 is 12.5. The van der Waals surface area contributed by atoms with Crippen LogP contribution in [0.5, 0.6) is 11.5 Å². The van der Waals surface area contributed by atoms with Gasteiger partial charge in [0, 0.05) is 17.4 Å². The van der Waals surface area contributed by atoms with Gasteiger partial charge in [-0.25, -0.2) is 4.79 Å². The Labute approximate surface area is 247 Å². The number of furan rings is 1. The molecule has 0 spiro atoms. The topological polar surface area (TPSA) is 87.8 Å². The monoisotopic (exact) mass is 581 g/mol. The van der Waals surface area contributed by atoms with Gasteiger partial charge in [0.1, 0.15) is 29.1 Å². The van der Waals surface area contributed by atoms with Crippen molar-refractivity contribution < 1.29 is 19.1 Å². The Morgan fingerprint density at radius 2 is 1.80 bits per heavy atom. The number of hydrogen-bond donors (Lipinski definition) is 2. The molecule has 1 saturated heterocycles. The average Bonchev–Trinajstić information content (AvgIpc) is 3.60. The number of aromatic carboxylic acids is 1. The van der Waals surface area contributed by atoms with E-state index >= 15 is 0 Å². The van der Waals surface area contributed by atoms with Crippen LogP contribution in [-0.2, 0) is 0 Å². The normalized spacial score (nSPS) is 16.4. The Morgan fingerprint density at radius 3 is 2.54 bits per heavy atom. The first-order chi connectivity index (χ1) is 19.9. The van der Waals surface area contributed by atoms with E-state index in [0.717, 1.165) is 22.7 Å². The van der Waals surface area contributed by atoms with Crippen molar-refractivity contribution in [1.82, 2.24) is 10.3 Å². The summed E-state index contributed by atoms with van der Waals surface area (Å²) in [5.41, 5.74) is 3.29. The largest absolute Gasteiger partial charge is 0.478 e. The van der Waals surface area contributed by atoms with Gasteiger partial charge in [-0.3, -0.25) is 4.98 Å². The number of carboxylic acid groups (broad SMARTS) is 1. The molecular formula is C32H24ClN3O4S. The Bertz CT molecular complexity index is 1740. The van der Waals surface area contributed by atoms with Gasteiger partial charge < -0.3 is 24.5 Å². The van der Waals surface area contributed by atoms with Gasteiger partial charge in [-0.05, 0) is 97.5 Å². The number of aromatic nitrogens is 1. The molecule has 3 heterocycles. The molecule has 2 aromatic heterocycles. The molecule has 1 fully saturated rings. The maximum atomic E-state index is 11.6. The predicted octanol–water partition coefficient (Wildman–Crippen LogP) is 7.97. The minimum Gasteiger partial charge on any atom is -0.478 e. The highest BCUT2D eigenvalue weighted by atomic mass is 35.5. The van der Waals surface area contributed by atoms with Crippen molar-refractivity contribution in [2.24, 2.45) is 0 Å². The summed E-state index contributed by atoms with van der Waals surface area (Å²) in [6, 6.07) is 28.7. The second-order valence-electron chi connectivity index (χ2n) is 9.56. The van der Waals surface area contributed by atoms with Gasteiger partial charge in [-0.1, -0.05) is 35.9 Å². The molecular weight excluding hydrogens is 558 g/mol. The van der Waals surface area contributed by atoms with Crippen molar-refractivity contribution in [2.45, 2.75) is 19.0 Å². The third kappa shape index (κ3) is 5.27. The van der Waals surface area contributed by atoms with E-state index in [2.05, 4.69) is 10.3 Å². The van der Waals surface area contributed by atoms with Gasteiger partial charge in [0.05, 0.1) is 22.3 Å². The molecule has 3 aromatic carbocycles. The van der Waals surface area contributed by atoms with Crippen LogP contribution in [0, 0.1) is 6.92 Å². The van der Waals surface area contributed by atoms with Crippen molar-refractivity contribution >= 4 is 40.6 Å². The van der Waals surface area contributed by atoms with Crippen LogP contribution >= 0.6 is 23.8 Å². The molecule has 9 heteroatoms. The summed E-state index contributed by atoms with van der Waals surface area (Å²) in [6.07, 6.45) is 1.74. The number of halogens is 1. The van der Waals surface area contributed by atoms with Gasteiger partial charge in [0.25, 0.3) is 0 Å². The number of aryl methyl sites for hydroxylation is 1. The number of carboxylic acids is 1.